The zero-order valence-corrected chi connectivity index (χ0v) is 15.1. The molecule has 6 nitrogen and oxygen atoms in total. The SMILES string of the molecule is CCCn1ncc(N2CCC(C(=O)N3CCSCC3)CC2)cc1=O. The van der Waals surface area contributed by atoms with Crippen LogP contribution < -0.4 is 10.5 Å². The van der Waals surface area contributed by atoms with Gasteiger partial charge < -0.3 is 9.80 Å². The van der Waals surface area contributed by atoms with Crippen molar-refractivity contribution in [2.45, 2.75) is 32.7 Å². The van der Waals surface area contributed by atoms with E-state index < -0.39 is 0 Å². The Morgan fingerprint density at radius 3 is 2.58 bits per heavy atom. The van der Waals surface area contributed by atoms with Crippen LogP contribution in [0.15, 0.2) is 17.1 Å². The number of carbonyl (C=O) groups is 1. The highest BCUT2D eigenvalue weighted by atomic mass is 32.2. The molecule has 24 heavy (non-hydrogen) atoms. The summed E-state index contributed by atoms with van der Waals surface area (Å²) in [5.41, 5.74) is 0.839. The number of piperidine rings is 1. The van der Waals surface area contributed by atoms with E-state index in [0.717, 1.165) is 62.6 Å². The fraction of sp³-hybridized carbons (Fsp3) is 0.706. The summed E-state index contributed by atoms with van der Waals surface area (Å²) >= 11 is 1.93. The molecule has 1 amide bonds. The molecule has 7 heteroatoms. The molecule has 2 saturated heterocycles. The molecule has 0 atom stereocenters. The summed E-state index contributed by atoms with van der Waals surface area (Å²) in [5, 5.41) is 4.26. The van der Waals surface area contributed by atoms with Crippen molar-refractivity contribution in [3.63, 3.8) is 0 Å². The van der Waals surface area contributed by atoms with Gasteiger partial charge in [-0.05, 0) is 19.3 Å². The quantitative estimate of drug-likeness (QED) is 0.822. The Morgan fingerprint density at radius 2 is 1.96 bits per heavy atom. The van der Waals surface area contributed by atoms with Crippen molar-refractivity contribution in [1.82, 2.24) is 14.7 Å². The molecule has 0 radical (unpaired) electrons. The van der Waals surface area contributed by atoms with Crippen molar-refractivity contribution >= 4 is 23.4 Å². The van der Waals surface area contributed by atoms with Crippen LogP contribution in [0.4, 0.5) is 5.69 Å². The molecule has 1 aromatic heterocycles. The van der Waals surface area contributed by atoms with E-state index in [1.165, 1.54) is 4.68 Å². The van der Waals surface area contributed by atoms with Crippen LogP contribution in [0.1, 0.15) is 26.2 Å². The number of amides is 1. The Kier molecular flexibility index (Phi) is 5.81. The van der Waals surface area contributed by atoms with E-state index in [0.29, 0.717) is 12.5 Å². The second kappa shape index (κ2) is 8.05. The van der Waals surface area contributed by atoms with E-state index in [1.807, 2.05) is 23.6 Å². The molecule has 0 saturated carbocycles. The standard InChI is InChI=1S/C17H26N4O2S/c1-2-5-21-16(22)12-15(13-18-21)19-6-3-14(4-7-19)17(23)20-8-10-24-11-9-20/h12-14H,2-11H2,1H3. The number of carbonyl (C=O) groups excluding carboxylic acids is 1. The summed E-state index contributed by atoms with van der Waals surface area (Å²) in [6.07, 6.45) is 4.40. The van der Waals surface area contributed by atoms with Gasteiger partial charge in [-0.2, -0.15) is 16.9 Å². The Morgan fingerprint density at radius 1 is 1.25 bits per heavy atom. The van der Waals surface area contributed by atoms with Crippen LogP contribution in [0.3, 0.4) is 0 Å². The summed E-state index contributed by atoms with van der Waals surface area (Å²) < 4.78 is 1.51. The maximum Gasteiger partial charge on any atom is 0.268 e. The number of hydrogen-bond acceptors (Lipinski definition) is 5. The summed E-state index contributed by atoms with van der Waals surface area (Å²) in [7, 11) is 0. The highest BCUT2D eigenvalue weighted by Gasteiger charge is 2.29. The van der Waals surface area contributed by atoms with Crippen molar-refractivity contribution in [1.29, 1.82) is 0 Å². The maximum absolute atomic E-state index is 12.6. The molecule has 1 aromatic rings. The van der Waals surface area contributed by atoms with E-state index >= 15 is 0 Å². The predicted octanol–water partition coefficient (Wildman–Crippen LogP) is 1.45. The van der Waals surface area contributed by atoms with Gasteiger partial charge in [-0.3, -0.25) is 9.59 Å². The number of rotatable bonds is 4. The molecule has 0 aromatic carbocycles. The van der Waals surface area contributed by atoms with Crippen LogP contribution in [-0.2, 0) is 11.3 Å². The Bertz CT molecular complexity index is 619. The summed E-state index contributed by atoms with van der Waals surface area (Å²) in [6, 6.07) is 1.67. The predicted molar refractivity (Wildman–Crippen MR) is 97.6 cm³/mol. The van der Waals surface area contributed by atoms with Gasteiger partial charge in [-0.15, -0.1) is 0 Å². The monoisotopic (exact) mass is 350 g/mol. The number of aryl methyl sites for hydroxylation is 1. The minimum atomic E-state index is -0.0432. The van der Waals surface area contributed by atoms with Gasteiger partial charge in [-0.1, -0.05) is 6.92 Å². The van der Waals surface area contributed by atoms with E-state index in [9.17, 15) is 9.59 Å². The smallest absolute Gasteiger partial charge is 0.268 e. The lowest BCUT2D eigenvalue weighted by Crippen LogP contribution is -2.45. The van der Waals surface area contributed by atoms with Gasteiger partial charge in [0.2, 0.25) is 5.91 Å². The van der Waals surface area contributed by atoms with Crippen LogP contribution in [0.5, 0.6) is 0 Å². The highest BCUT2D eigenvalue weighted by molar-refractivity contribution is 7.99. The minimum Gasteiger partial charge on any atom is -0.370 e. The summed E-state index contributed by atoms with van der Waals surface area (Å²) in [4.78, 5) is 28.9. The van der Waals surface area contributed by atoms with E-state index in [-0.39, 0.29) is 11.5 Å². The zero-order valence-electron chi connectivity index (χ0n) is 14.3. The molecular weight excluding hydrogens is 324 g/mol. The molecule has 0 unspecified atom stereocenters. The van der Waals surface area contributed by atoms with Gasteiger partial charge in [0.05, 0.1) is 11.9 Å². The van der Waals surface area contributed by atoms with Gasteiger partial charge in [-0.25, -0.2) is 4.68 Å². The first-order chi connectivity index (χ1) is 11.7. The Labute approximate surface area is 147 Å². The molecule has 3 rings (SSSR count). The molecular formula is C17H26N4O2S. The van der Waals surface area contributed by atoms with Crippen LogP contribution in [0, 0.1) is 5.92 Å². The first kappa shape index (κ1) is 17.3. The summed E-state index contributed by atoms with van der Waals surface area (Å²) in [6.45, 7) is 6.11. The van der Waals surface area contributed by atoms with Crippen LogP contribution in [0.2, 0.25) is 0 Å². The van der Waals surface area contributed by atoms with Crippen LogP contribution in [-0.4, -0.2) is 58.3 Å². The zero-order chi connectivity index (χ0) is 16.9. The fourth-order valence-corrected chi connectivity index (χ4v) is 4.31. The Hall–Kier alpha value is -1.50. The van der Waals surface area contributed by atoms with E-state index in [2.05, 4.69) is 10.00 Å². The number of thioether (sulfide) groups is 1. The molecule has 132 valence electrons. The lowest BCUT2D eigenvalue weighted by atomic mass is 9.95. The van der Waals surface area contributed by atoms with Crippen molar-refractivity contribution in [2.24, 2.45) is 5.92 Å². The first-order valence-electron chi connectivity index (χ1n) is 8.87. The molecule has 0 bridgehead atoms. The van der Waals surface area contributed by atoms with Gasteiger partial charge >= 0.3 is 0 Å². The second-order valence-corrected chi connectivity index (χ2v) is 7.70. The fourth-order valence-electron chi connectivity index (χ4n) is 3.40. The third kappa shape index (κ3) is 3.94. The topological polar surface area (TPSA) is 58.4 Å². The lowest BCUT2D eigenvalue weighted by molar-refractivity contribution is -0.135. The van der Waals surface area contributed by atoms with Crippen molar-refractivity contribution < 1.29 is 4.79 Å². The van der Waals surface area contributed by atoms with Gasteiger partial charge in [0.15, 0.2) is 0 Å². The maximum atomic E-state index is 12.6. The van der Waals surface area contributed by atoms with Crippen LogP contribution >= 0.6 is 11.8 Å². The van der Waals surface area contributed by atoms with Gasteiger partial charge in [0.1, 0.15) is 0 Å². The van der Waals surface area contributed by atoms with Crippen molar-refractivity contribution in [3.8, 4) is 0 Å². The number of nitrogens with zero attached hydrogens (tertiary/aromatic N) is 4. The molecule has 3 heterocycles. The highest BCUT2D eigenvalue weighted by Crippen LogP contribution is 2.24. The first-order valence-corrected chi connectivity index (χ1v) is 10.0. The lowest BCUT2D eigenvalue weighted by Gasteiger charge is -2.36. The van der Waals surface area contributed by atoms with Gasteiger partial charge in [0.25, 0.3) is 5.56 Å². The third-order valence-corrected chi connectivity index (χ3v) is 5.77. The third-order valence-electron chi connectivity index (χ3n) is 4.82. The minimum absolute atomic E-state index is 0.0432. The Balaban J connectivity index is 1.57. The largest absolute Gasteiger partial charge is 0.370 e. The molecule has 0 spiro atoms. The average Bonchev–Trinajstić information content (AvgIpc) is 2.64. The number of anilines is 1. The molecule has 2 aliphatic rings. The van der Waals surface area contributed by atoms with Crippen molar-refractivity contribution in [3.05, 3.63) is 22.6 Å². The molecule has 0 N–H and O–H groups in total. The van der Waals surface area contributed by atoms with E-state index in [4.69, 9.17) is 0 Å². The number of aromatic nitrogens is 2. The second-order valence-electron chi connectivity index (χ2n) is 6.47. The van der Waals surface area contributed by atoms with E-state index in [1.54, 1.807) is 12.3 Å². The molecule has 0 aliphatic carbocycles. The normalized spacial score (nSPS) is 19.5. The van der Waals surface area contributed by atoms with Gasteiger partial charge in [0, 0.05) is 56.2 Å². The van der Waals surface area contributed by atoms with Crippen LogP contribution in [0.25, 0.3) is 0 Å². The number of hydrogen-bond donors (Lipinski definition) is 0. The molecule has 2 fully saturated rings. The average molecular weight is 350 g/mol. The molecule has 2 aliphatic heterocycles. The van der Waals surface area contributed by atoms with Crippen molar-refractivity contribution in [2.75, 3.05) is 42.6 Å². The summed E-state index contributed by atoms with van der Waals surface area (Å²) in [5.74, 6) is 2.58.